The molecule has 0 spiro atoms. The van der Waals surface area contributed by atoms with E-state index < -0.39 is 30.0 Å². The molecule has 0 aliphatic rings. The van der Waals surface area contributed by atoms with Crippen molar-refractivity contribution in [3.63, 3.8) is 0 Å². The van der Waals surface area contributed by atoms with E-state index in [4.69, 9.17) is 5.26 Å². The van der Waals surface area contributed by atoms with Gasteiger partial charge in [-0.15, -0.1) is 0 Å². The molecule has 1 aromatic carbocycles. The molecule has 1 unspecified atom stereocenters. The van der Waals surface area contributed by atoms with E-state index in [1.165, 1.54) is 16.9 Å². The van der Waals surface area contributed by atoms with Gasteiger partial charge in [-0.3, -0.25) is 9.48 Å². The van der Waals surface area contributed by atoms with Crippen LogP contribution >= 0.6 is 0 Å². The zero-order chi connectivity index (χ0) is 23.0. The second-order valence-electron chi connectivity index (χ2n) is 8.33. The molecule has 0 saturated heterocycles. The number of hydrogen-bond acceptors (Lipinski definition) is 4. The van der Waals surface area contributed by atoms with E-state index >= 15 is 0 Å². The van der Waals surface area contributed by atoms with Gasteiger partial charge in [0.25, 0.3) is 5.91 Å². The SMILES string of the molecule is CC(C)n1nccc1C(=O)NC(CC(C)(C)C(F)(F)F)c1nc2ccc(C#N)cc2[nH]1. The molecule has 0 aliphatic heterocycles. The van der Waals surface area contributed by atoms with Crippen LogP contribution in [-0.2, 0) is 0 Å². The summed E-state index contributed by atoms with van der Waals surface area (Å²) in [6, 6.07) is 7.12. The number of amides is 1. The monoisotopic (exact) mass is 432 g/mol. The van der Waals surface area contributed by atoms with E-state index in [-0.39, 0.29) is 17.6 Å². The number of fused-ring (bicyclic) bond motifs is 1. The van der Waals surface area contributed by atoms with Crippen molar-refractivity contribution in [2.24, 2.45) is 5.41 Å². The van der Waals surface area contributed by atoms with Gasteiger partial charge in [0.15, 0.2) is 0 Å². The van der Waals surface area contributed by atoms with Gasteiger partial charge in [-0.05, 0) is 44.5 Å². The standard InChI is InChI=1S/C21H23F3N6O/c1-12(2)30-17(7-8-26-30)19(31)29-16(10-20(3,4)21(22,23)24)18-27-14-6-5-13(11-25)9-15(14)28-18/h5-9,12,16H,10H2,1-4H3,(H,27,28)(H,29,31). The highest BCUT2D eigenvalue weighted by atomic mass is 19.4. The number of halogens is 3. The lowest BCUT2D eigenvalue weighted by molar-refractivity contribution is -0.215. The highest BCUT2D eigenvalue weighted by Crippen LogP contribution is 2.43. The molecule has 3 aromatic rings. The summed E-state index contributed by atoms with van der Waals surface area (Å²) in [6.45, 7) is 5.86. The molecule has 0 aliphatic carbocycles. The molecular weight excluding hydrogens is 409 g/mol. The molecule has 2 heterocycles. The minimum Gasteiger partial charge on any atom is -0.341 e. The Morgan fingerprint density at radius 1 is 1.29 bits per heavy atom. The third-order valence-corrected chi connectivity index (χ3v) is 5.14. The Morgan fingerprint density at radius 3 is 2.61 bits per heavy atom. The minimum atomic E-state index is -4.48. The quantitative estimate of drug-likeness (QED) is 0.592. The molecule has 0 bridgehead atoms. The number of nitrogens with zero attached hydrogens (tertiary/aromatic N) is 4. The van der Waals surface area contributed by atoms with Gasteiger partial charge in [0, 0.05) is 12.2 Å². The van der Waals surface area contributed by atoms with Crippen molar-refractivity contribution in [2.75, 3.05) is 0 Å². The number of rotatable bonds is 6. The Labute approximate surface area is 177 Å². The summed E-state index contributed by atoms with van der Waals surface area (Å²) >= 11 is 0. The van der Waals surface area contributed by atoms with Gasteiger partial charge < -0.3 is 10.3 Å². The fourth-order valence-electron chi connectivity index (χ4n) is 3.24. The van der Waals surface area contributed by atoms with Crippen molar-refractivity contribution >= 4 is 16.9 Å². The Morgan fingerprint density at radius 2 is 2.00 bits per heavy atom. The van der Waals surface area contributed by atoms with Crippen LogP contribution in [0.3, 0.4) is 0 Å². The van der Waals surface area contributed by atoms with Crippen LogP contribution in [0, 0.1) is 16.7 Å². The Kier molecular flexibility index (Phi) is 5.81. The summed E-state index contributed by atoms with van der Waals surface area (Å²) in [5.74, 6) is -0.362. The maximum Gasteiger partial charge on any atom is 0.394 e. The van der Waals surface area contributed by atoms with Gasteiger partial charge in [-0.2, -0.15) is 23.5 Å². The molecule has 10 heteroatoms. The van der Waals surface area contributed by atoms with E-state index in [2.05, 4.69) is 20.4 Å². The van der Waals surface area contributed by atoms with Gasteiger partial charge in [0.2, 0.25) is 0 Å². The number of carbonyl (C=O) groups is 1. The predicted molar refractivity (Wildman–Crippen MR) is 108 cm³/mol. The first kappa shape index (κ1) is 22.3. The lowest BCUT2D eigenvalue weighted by atomic mass is 9.84. The first-order chi connectivity index (χ1) is 14.4. The van der Waals surface area contributed by atoms with Gasteiger partial charge >= 0.3 is 6.18 Å². The summed E-state index contributed by atoms with van der Waals surface area (Å²) < 4.78 is 42.3. The number of benzene rings is 1. The van der Waals surface area contributed by atoms with Gasteiger partial charge in [0.05, 0.1) is 34.1 Å². The lowest BCUT2D eigenvalue weighted by Crippen LogP contribution is -2.39. The summed E-state index contributed by atoms with van der Waals surface area (Å²) in [5, 5.41) is 15.9. The number of aromatic amines is 1. The van der Waals surface area contributed by atoms with E-state index in [9.17, 15) is 18.0 Å². The van der Waals surface area contributed by atoms with Crippen molar-refractivity contribution in [1.82, 2.24) is 25.1 Å². The molecule has 2 aromatic heterocycles. The van der Waals surface area contributed by atoms with Crippen LogP contribution in [0.1, 0.15) is 68.1 Å². The molecule has 2 N–H and O–H groups in total. The first-order valence-electron chi connectivity index (χ1n) is 9.74. The molecular formula is C21H23F3N6O. The summed E-state index contributed by atoms with van der Waals surface area (Å²) in [7, 11) is 0. The molecule has 31 heavy (non-hydrogen) atoms. The highest BCUT2D eigenvalue weighted by Gasteiger charge is 2.49. The Bertz CT molecular complexity index is 1140. The smallest absolute Gasteiger partial charge is 0.341 e. The maximum absolute atomic E-state index is 13.6. The lowest BCUT2D eigenvalue weighted by Gasteiger charge is -2.31. The molecule has 1 atom stereocenters. The third-order valence-electron chi connectivity index (χ3n) is 5.14. The predicted octanol–water partition coefficient (Wildman–Crippen LogP) is 4.66. The number of alkyl halides is 3. The fraction of sp³-hybridized carbons (Fsp3) is 0.429. The minimum absolute atomic E-state index is 0.101. The van der Waals surface area contributed by atoms with Crippen LogP contribution in [0.2, 0.25) is 0 Å². The van der Waals surface area contributed by atoms with Gasteiger partial charge in [-0.25, -0.2) is 4.98 Å². The topological polar surface area (TPSA) is 99.4 Å². The van der Waals surface area contributed by atoms with Crippen molar-refractivity contribution in [1.29, 1.82) is 5.26 Å². The first-order valence-corrected chi connectivity index (χ1v) is 9.74. The number of aromatic nitrogens is 4. The second kappa shape index (κ2) is 8.06. The third kappa shape index (κ3) is 4.55. The maximum atomic E-state index is 13.6. The summed E-state index contributed by atoms with van der Waals surface area (Å²) in [6.07, 6.45) is -3.44. The van der Waals surface area contributed by atoms with E-state index in [0.29, 0.717) is 16.6 Å². The van der Waals surface area contributed by atoms with Crippen molar-refractivity contribution in [2.45, 2.75) is 52.4 Å². The zero-order valence-electron chi connectivity index (χ0n) is 17.6. The zero-order valence-corrected chi connectivity index (χ0v) is 17.6. The van der Waals surface area contributed by atoms with E-state index in [0.717, 1.165) is 13.8 Å². The number of nitriles is 1. The van der Waals surface area contributed by atoms with Crippen LogP contribution < -0.4 is 5.32 Å². The number of H-pyrrole nitrogens is 1. The van der Waals surface area contributed by atoms with Crippen LogP contribution in [0.15, 0.2) is 30.5 Å². The molecule has 0 saturated carbocycles. The molecule has 7 nitrogen and oxygen atoms in total. The van der Waals surface area contributed by atoms with Crippen molar-refractivity contribution < 1.29 is 18.0 Å². The van der Waals surface area contributed by atoms with Crippen molar-refractivity contribution in [3.8, 4) is 6.07 Å². The van der Waals surface area contributed by atoms with Crippen LogP contribution in [0.25, 0.3) is 11.0 Å². The van der Waals surface area contributed by atoms with E-state index in [1.807, 2.05) is 19.9 Å². The molecule has 164 valence electrons. The number of hydrogen-bond donors (Lipinski definition) is 2. The second-order valence-corrected chi connectivity index (χ2v) is 8.33. The summed E-state index contributed by atoms with van der Waals surface area (Å²) in [4.78, 5) is 20.3. The normalized spacial score (nSPS) is 13.4. The fourth-order valence-corrected chi connectivity index (χ4v) is 3.24. The summed E-state index contributed by atoms with van der Waals surface area (Å²) in [5.41, 5.74) is -0.455. The van der Waals surface area contributed by atoms with Crippen molar-refractivity contribution in [3.05, 3.63) is 47.5 Å². The van der Waals surface area contributed by atoms with E-state index in [1.54, 1.807) is 18.2 Å². The van der Waals surface area contributed by atoms with Crippen LogP contribution in [0.4, 0.5) is 13.2 Å². The average molecular weight is 432 g/mol. The Hall–Kier alpha value is -3.35. The highest BCUT2D eigenvalue weighted by molar-refractivity contribution is 5.92. The number of carbonyl (C=O) groups excluding carboxylic acids is 1. The largest absolute Gasteiger partial charge is 0.394 e. The van der Waals surface area contributed by atoms with Gasteiger partial charge in [0.1, 0.15) is 11.5 Å². The molecule has 0 radical (unpaired) electrons. The molecule has 3 rings (SSSR count). The number of imidazole rings is 1. The Balaban J connectivity index is 2.00. The van der Waals surface area contributed by atoms with Crippen LogP contribution in [-0.4, -0.2) is 31.8 Å². The number of nitrogens with one attached hydrogen (secondary N) is 2. The molecule has 0 fully saturated rings. The van der Waals surface area contributed by atoms with Crippen LogP contribution in [0.5, 0.6) is 0 Å². The van der Waals surface area contributed by atoms with Gasteiger partial charge in [-0.1, -0.05) is 13.8 Å². The molecule has 1 amide bonds. The average Bonchev–Trinajstić information content (AvgIpc) is 3.32.